The maximum Gasteiger partial charge on any atom is 0.315 e. The van der Waals surface area contributed by atoms with E-state index in [0.717, 1.165) is 5.56 Å². The molecule has 0 saturated carbocycles. The van der Waals surface area contributed by atoms with Crippen molar-refractivity contribution in [2.75, 3.05) is 13.1 Å². The van der Waals surface area contributed by atoms with E-state index < -0.39 is 29.9 Å². The molecule has 13 heteroatoms. The molecular weight excluding hydrogens is 454 g/mol. The summed E-state index contributed by atoms with van der Waals surface area (Å²) in [5, 5.41) is 17.4. The Morgan fingerprint density at radius 2 is 1.71 bits per heavy atom. The summed E-state index contributed by atoms with van der Waals surface area (Å²) in [5.41, 5.74) is 16.8. The van der Waals surface area contributed by atoms with Gasteiger partial charge in [-0.1, -0.05) is 30.3 Å². The summed E-state index contributed by atoms with van der Waals surface area (Å²) in [6.07, 6.45) is 2.32. The minimum atomic E-state index is -0.940. The Bertz CT molecular complexity index is 873. The van der Waals surface area contributed by atoms with Crippen molar-refractivity contribution in [3.05, 3.63) is 35.9 Å². The number of nitrogens with two attached hydrogens (primary N) is 3. The lowest BCUT2D eigenvalue weighted by molar-refractivity contribution is -0.128. The summed E-state index contributed by atoms with van der Waals surface area (Å²) in [5.74, 6) is -1.21. The summed E-state index contributed by atoms with van der Waals surface area (Å²) >= 11 is 0. The largest absolute Gasteiger partial charge is 0.388 e. The van der Waals surface area contributed by atoms with E-state index in [2.05, 4.69) is 26.3 Å². The first kappa shape index (κ1) is 28.9. The number of aliphatic imine (C=N–C) groups is 1. The lowest BCUT2D eigenvalue weighted by Crippen LogP contribution is -2.52. The van der Waals surface area contributed by atoms with Crippen LogP contribution in [0.25, 0.3) is 0 Å². The van der Waals surface area contributed by atoms with E-state index in [9.17, 15) is 19.2 Å². The average molecular weight is 490 g/mol. The van der Waals surface area contributed by atoms with Crippen LogP contribution in [0, 0.1) is 5.41 Å². The molecule has 0 aliphatic rings. The number of carbonyl (C=O) groups excluding carboxylic acids is 4. The number of benzene rings is 1. The minimum absolute atomic E-state index is 0.000532. The molecule has 0 heterocycles. The highest BCUT2D eigenvalue weighted by molar-refractivity contribution is 5.90. The fourth-order valence-electron chi connectivity index (χ4n) is 2.99. The van der Waals surface area contributed by atoms with Gasteiger partial charge in [-0.25, -0.2) is 4.79 Å². The molecule has 0 bridgehead atoms. The number of amides is 4. The third-order valence-corrected chi connectivity index (χ3v) is 4.76. The van der Waals surface area contributed by atoms with E-state index in [1.165, 1.54) is 0 Å². The first-order chi connectivity index (χ1) is 16.7. The fourth-order valence-corrected chi connectivity index (χ4v) is 2.99. The van der Waals surface area contributed by atoms with Crippen molar-refractivity contribution in [2.45, 2.75) is 50.7 Å². The second-order valence-electron chi connectivity index (χ2n) is 7.76. The van der Waals surface area contributed by atoms with E-state index in [1.807, 2.05) is 30.3 Å². The van der Waals surface area contributed by atoms with Crippen molar-refractivity contribution in [2.24, 2.45) is 22.2 Å². The maximum atomic E-state index is 12.7. The molecule has 0 unspecified atom stereocenters. The molecule has 35 heavy (non-hydrogen) atoms. The molecule has 192 valence electrons. The van der Waals surface area contributed by atoms with Crippen LogP contribution in [0.2, 0.25) is 0 Å². The zero-order valence-electron chi connectivity index (χ0n) is 19.6. The molecule has 0 aliphatic heterocycles. The highest BCUT2D eigenvalue weighted by Gasteiger charge is 2.21. The van der Waals surface area contributed by atoms with Gasteiger partial charge in [0.1, 0.15) is 12.3 Å². The normalized spacial score (nSPS) is 11.9. The molecule has 0 saturated heterocycles. The minimum Gasteiger partial charge on any atom is -0.388 e. The topological polar surface area (TPSA) is 231 Å². The number of nitrogens with zero attached hydrogens (tertiary/aromatic N) is 1. The monoisotopic (exact) mass is 489 g/mol. The van der Waals surface area contributed by atoms with Crippen molar-refractivity contribution < 1.29 is 19.2 Å². The van der Waals surface area contributed by atoms with Crippen LogP contribution < -0.4 is 38.5 Å². The third-order valence-electron chi connectivity index (χ3n) is 4.76. The molecule has 0 aliphatic carbocycles. The van der Waals surface area contributed by atoms with Crippen LogP contribution in [-0.2, 0) is 20.9 Å². The summed E-state index contributed by atoms with van der Waals surface area (Å²) in [7, 11) is 0. The number of hydrogen-bond acceptors (Lipinski definition) is 6. The van der Waals surface area contributed by atoms with Crippen LogP contribution in [0.5, 0.6) is 0 Å². The zero-order valence-corrected chi connectivity index (χ0v) is 19.6. The number of rotatable bonds is 16. The number of nitrogens with one attached hydrogen (secondary N) is 5. The molecule has 0 spiro atoms. The summed E-state index contributed by atoms with van der Waals surface area (Å²) in [6, 6.07) is 7.01. The maximum absolute atomic E-state index is 12.7. The van der Waals surface area contributed by atoms with E-state index in [4.69, 9.17) is 22.6 Å². The Kier molecular flexibility index (Phi) is 13.6. The number of amidine groups is 1. The predicted octanol–water partition coefficient (Wildman–Crippen LogP) is -1.19. The van der Waals surface area contributed by atoms with Crippen LogP contribution in [0.1, 0.15) is 37.7 Å². The lowest BCUT2D eigenvalue weighted by Gasteiger charge is -2.19. The Hall–Kier alpha value is -4.16. The molecule has 0 fully saturated rings. The number of urea groups is 1. The Morgan fingerprint density at radius 3 is 2.34 bits per heavy atom. The van der Waals surface area contributed by atoms with E-state index in [-0.39, 0.29) is 37.9 Å². The van der Waals surface area contributed by atoms with Gasteiger partial charge >= 0.3 is 6.03 Å². The molecule has 0 aromatic heterocycles. The average Bonchev–Trinajstić information content (AvgIpc) is 2.82. The van der Waals surface area contributed by atoms with Crippen LogP contribution >= 0.6 is 0 Å². The van der Waals surface area contributed by atoms with Crippen LogP contribution in [0.3, 0.4) is 0 Å². The van der Waals surface area contributed by atoms with Gasteiger partial charge in [0.15, 0.2) is 5.96 Å². The van der Waals surface area contributed by atoms with E-state index in [1.54, 1.807) is 0 Å². The SMILES string of the molecule is N=C(N)CCC[C@@H](C=O)NC(=O)CNC(=O)[C@@H](CCCN=C(N)N)NC(=O)NCc1ccccc1. The molecule has 13 nitrogen and oxygen atoms in total. The number of aldehydes is 1. The van der Waals surface area contributed by atoms with Crippen molar-refractivity contribution in [1.82, 2.24) is 21.3 Å². The molecule has 1 aromatic carbocycles. The first-order valence-corrected chi connectivity index (χ1v) is 11.2. The Morgan fingerprint density at radius 1 is 1.00 bits per heavy atom. The Labute approximate surface area is 204 Å². The second-order valence-corrected chi connectivity index (χ2v) is 7.76. The van der Waals surface area contributed by atoms with Gasteiger partial charge in [-0.2, -0.15) is 0 Å². The Balaban J connectivity index is 2.59. The number of hydrogen-bond donors (Lipinski definition) is 8. The van der Waals surface area contributed by atoms with Gasteiger partial charge in [0.2, 0.25) is 11.8 Å². The van der Waals surface area contributed by atoms with Gasteiger partial charge in [-0.3, -0.25) is 20.0 Å². The van der Waals surface area contributed by atoms with E-state index >= 15 is 0 Å². The highest BCUT2D eigenvalue weighted by Crippen LogP contribution is 2.01. The van der Waals surface area contributed by atoms with Crippen molar-refractivity contribution in [3.8, 4) is 0 Å². The number of carbonyl (C=O) groups is 4. The van der Waals surface area contributed by atoms with E-state index in [0.29, 0.717) is 32.0 Å². The van der Waals surface area contributed by atoms with Gasteiger partial charge in [-0.05, 0) is 31.2 Å². The zero-order chi connectivity index (χ0) is 26.1. The van der Waals surface area contributed by atoms with Crippen molar-refractivity contribution in [1.29, 1.82) is 5.41 Å². The van der Waals surface area contributed by atoms with Crippen LogP contribution in [0.15, 0.2) is 35.3 Å². The molecule has 0 radical (unpaired) electrons. The quantitative estimate of drug-likeness (QED) is 0.0612. The molecule has 11 N–H and O–H groups in total. The van der Waals surface area contributed by atoms with Crippen molar-refractivity contribution >= 4 is 35.9 Å². The van der Waals surface area contributed by atoms with Gasteiger partial charge in [-0.15, -0.1) is 0 Å². The lowest BCUT2D eigenvalue weighted by atomic mass is 10.1. The van der Waals surface area contributed by atoms with Gasteiger partial charge in [0.25, 0.3) is 0 Å². The molecular formula is C22H35N9O4. The van der Waals surface area contributed by atoms with Crippen LogP contribution in [-0.4, -0.2) is 61.1 Å². The van der Waals surface area contributed by atoms with Crippen LogP contribution in [0.4, 0.5) is 4.79 Å². The van der Waals surface area contributed by atoms with Gasteiger partial charge in [0, 0.05) is 19.5 Å². The molecule has 4 amide bonds. The molecule has 1 aromatic rings. The van der Waals surface area contributed by atoms with Gasteiger partial charge < -0.3 is 43.3 Å². The molecule has 1 rings (SSSR count). The summed E-state index contributed by atoms with van der Waals surface area (Å²) in [6.45, 7) is 0.156. The third kappa shape index (κ3) is 13.9. The predicted molar refractivity (Wildman–Crippen MR) is 132 cm³/mol. The standard InChI is InChI=1S/C22H35N9O4/c23-18(24)10-4-8-16(14-32)30-19(33)13-28-20(34)17(9-5-11-27-21(25)26)31-22(35)29-12-15-6-2-1-3-7-15/h1-3,6-7,14,16-17H,4-5,8-13H2,(H3,23,24)(H,28,34)(H,30,33)(H4,25,26,27)(H2,29,31,35)/t16-,17+/m0/s1. The highest BCUT2D eigenvalue weighted by atomic mass is 16.2. The summed E-state index contributed by atoms with van der Waals surface area (Å²) in [4.78, 5) is 52.2. The van der Waals surface area contributed by atoms with Gasteiger partial charge in [0.05, 0.1) is 18.4 Å². The number of guanidine groups is 1. The first-order valence-electron chi connectivity index (χ1n) is 11.2. The summed E-state index contributed by atoms with van der Waals surface area (Å²) < 4.78 is 0. The fraction of sp³-hybridized carbons (Fsp3) is 0.455. The smallest absolute Gasteiger partial charge is 0.315 e. The second kappa shape index (κ2) is 16.5. The van der Waals surface area contributed by atoms with Crippen molar-refractivity contribution in [3.63, 3.8) is 0 Å². The molecule has 2 atom stereocenters.